The zero-order valence-corrected chi connectivity index (χ0v) is 11.7. The maximum atomic E-state index is 13.5. The maximum Gasteiger partial charge on any atom is 0.132 e. The fourth-order valence-corrected chi connectivity index (χ4v) is 2.71. The van der Waals surface area contributed by atoms with Crippen LogP contribution in [0.3, 0.4) is 0 Å². The molecule has 0 saturated carbocycles. The Bertz CT molecular complexity index is 443. The SMILES string of the molecule is C[C@@H](C[S@@](=O)C(C)(C)C)c1c(F)cc(F)cc1F. The summed E-state index contributed by atoms with van der Waals surface area (Å²) >= 11 is 0. The number of hydrogen-bond donors (Lipinski definition) is 0. The normalized spacial score (nSPS) is 15.5. The van der Waals surface area contributed by atoms with Crippen molar-refractivity contribution in [3.8, 4) is 0 Å². The molecule has 0 amide bonds. The van der Waals surface area contributed by atoms with Crippen molar-refractivity contribution in [1.82, 2.24) is 0 Å². The first-order chi connectivity index (χ1) is 8.12. The molecule has 0 aromatic heterocycles. The Morgan fingerprint density at radius 1 is 1.17 bits per heavy atom. The predicted octanol–water partition coefficient (Wildman–Crippen LogP) is 3.75. The van der Waals surface area contributed by atoms with Crippen molar-refractivity contribution in [2.24, 2.45) is 0 Å². The van der Waals surface area contributed by atoms with Crippen molar-refractivity contribution in [2.75, 3.05) is 5.75 Å². The molecule has 1 nitrogen and oxygen atoms in total. The van der Waals surface area contributed by atoms with Crippen LogP contribution < -0.4 is 0 Å². The van der Waals surface area contributed by atoms with Crippen LogP contribution >= 0.6 is 0 Å². The number of halogens is 3. The van der Waals surface area contributed by atoms with Crippen LogP contribution in [0.2, 0.25) is 0 Å². The molecule has 0 saturated heterocycles. The molecule has 5 heteroatoms. The monoisotopic (exact) mass is 278 g/mol. The maximum absolute atomic E-state index is 13.5. The zero-order chi connectivity index (χ0) is 14.1. The van der Waals surface area contributed by atoms with Crippen molar-refractivity contribution in [1.29, 1.82) is 0 Å². The lowest BCUT2D eigenvalue weighted by Gasteiger charge is -2.21. The van der Waals surface area contributed by atoms with Crippen molar-refractivity contribution in [3.05, 3.63) is 35.1 Å². The van der Waals surface area contributed by atoms with E-state index >= 15 is 0 Å². The Kier molecular flexibility index (Phi) is 4.59. The smallest absolute Gasteiger partial charge is 0.132 e. The topological polar surface area (TPSA) is 17.1 Å². The van der Waals surface area contributed by atoms with Crippen LogP contribution in [-0.2, 0) is 10.8 Å². The van der Waals surface area contributed by atoms with E-state index in [1.807, 2.05) is 0 Å². The third kappa shape index (κ3) is 3.57. The molecule has 18 heavy (non-hydrogen) atoms. The third-order valence-electron chi connectivity index (χ3n) is 2.62. The van der Waals surface area contributed by atoms with E-state index in [1.54, 1.807) is 27.7 Å². The van der Waals surface area contributed by atoms with Gasteiger partial charge in [-0.3, -0.25) is 4.21 Å². The summed E-state index contributed by atoms with van der Waals surface area (Å²) in [5, 5.41) is 0. The molecule has 0 fully saturated rings. The molecule has 1 aromatic rings. The first kappa shape index (κ1) is 15.2. The number of rotatable bonds is 3. The molecule has 0 heterocycles. The van der Waals surface area contributed by atoms with E-state index in [4.69, 9.17) is 0 Å². The number of hydrogen-bond acceptors (Lipinski definition) is 1. The lowest BCUT2D eigenvalue weighted by molar-refractivity contribution is 0.513. The average Bonchev–Trinajstić information content (AvgIpc) is 2.13. The molecule has 0 bridgehead atoms. The van der Waals surface area contributed by atoms with Crippen LogP contribution in [0.1, 0.15) is 39.2 Å². The van der Waals surface area contributed by atoms with E-state index in [-0.39, 0.29) is 11.3 Å². The van der Waals surface area contributed by atoms with Gasteiger partial charge in [-0.1, -0.05) is 6.92 Å². The minimum atomic E-state index is -1.22. The second-order valence-corrected chi connectivity index (χ2v) is 7.56. The molecule has 0 spiro atoms. The Balaban J connectivity index is 2.99. The molecule has 0 N–H and O–H groups in total. The minimum Gasteiger partial charge on any atom is -0.259 e. The molecule has 1 rings (SSSR count). The van der Waals surface area contributed by atoms with E-state index < -0.39 is 38.9 Å². The van der Waals surface area contributed by atoms with Crippen LogP contribution in [0, 0.1) is 17.5 Å². The largest absolute Gasteiger partial charge is 0.259 e. The molecular formula is C13H17F3OS. The first-order valence-electron chi connectivity index (χ1n) is 5.66. The van der Waals surface area contributed by atoms with Crippen LogP contribution in [0.15, 0.2) is 12.1 Å². The third-order valence-corrected chi connectivity index (χ3v) is 4.79. The second kappa shape index (κ2) is 5.43. The van der Waals surface area contributed by atoms with Crippen LogP contribution in [0.5, 0.6) is 0 Å². The van der Waals surface area contributed by atoms with E-state index in [0.717, 1.165) is 0 Å². The van der Waals surface area contributed by atoms with Crippen LogP contribution in [0.4, 0.5) is 13.2 Å². The lowest BCUT2D eigenvalue weighted by atomic mass is 10.0. The molecule has 0 aliphatic carbocycles. The summed E-state index contributed by atoms with van der Waals surface area (Å²) in [5.41, 5.74) is -0.200. The quantitative estimate of drug-likeness (QED) is 0.823. The fraction of sp³-hybridized carbons (Fsp3) is 0.538. The van der Waals surface area contributed by atoms with Crippen molar-refractivity contribution < 1.29 is 17.4 Å². The summed E-state index contributed by atoms with van der Waals surface area (Å²) in [7, 11) is -1.22. The molecule has 0 aliphatic rings. The Hall–Kier alpha value is -0.840. The van der Waals surface area contributed by atoms with Crippen molar-refractivity contribution in [3.63, 3.8) is 0 Å². The van der Waals surface area contributed by atoms with Gasteiger partial charge in [-0.05, 0) is 26.7 Å². The molecular weight excluding hydrogens is 261 g/mol. The minimum absolute atomic E-state index is 0.142. The zero-order valence-electron chi connectivity index (χ0n) is 10.9. The van der Waals surface area contributed by atoms with Crippen LogP contribution in [0.25, 0.3) is 0 Å². The molecule has 0 radical (unpaired) electrons. The Morgan fingerprint density at radius 3 is 2.00 bits per heavy atom. The molecule has 0 aliphatic heterocycles. The summed E-state index contributed by atoms with van der Waals surface area (Å²) in [6.45, 7) is 6.98. The summed E-state index contributed by atoms with van der Waals surface area (Å²) in [6.07, 6.45) is 0. The highest BCUT2D eigenvalue weighted by molar-refractivity contribution is 7.86. The van der Waals surface area contributed by atoms with Gasteiger partial charge in [-0.2, -0.15) is 0 Å². The number of benzene rings is 1. The van der Waals surface area contributed by atoms with Gasteiger partial charge in [0.05, 0.1) is 0 Å². The highest BCUT2D eigenvalue weighted by atomic mass is 32.2. The van der Waals surface area contributed by atoms with E-state index in [0.29, 0.717) is 12.1 Å². The first-order valence-corrected chi connectivity index (χ1v) is 6.97. The molecule has 2 atom stereocenters. The van der Waals surface area contributed by atoms with E-state index in [2.05, 4.69) is 0 Å². The Morgan fingerprint density at radius 2 is 1.61 bits per heavy atom. The summed E-state index contributed by atoms with van der Waals surface area (Å²) in [5.74, 6) is -3.22. The lowest BCUT2D eigenvalue weighted by Crippen LogP contribution is -2.26. The standard InChI is InChI=1S/C13H17F3OS/c1-8(7-18(17)13(2,3)4)12-10(15)5-9(14)6-11(12)16/h5-6,8H,7H2,1-4H3/t8-,18+/m0/s1. The van der Waals surface area contributed by atoms with E-state index in [9.17, 15) is 17.4 Å². The Labute approximate surface area is 108 Å². The van der Waals surface area contributed by atoms with Gasteiger partial charge in [0.15, 0.2) is 0 Å². The molecule has 0 unspecified atom stereocenters. The summed E-state index contributed by atoms with van der Waals surface area (Å²) < 4.78 is 51.3. The summed E-state index contributed by atoms with van der Waals surface area (Å²) in [4.78, 5) is 0. The van der Waals surface area contributed by atoms with Gasteiger partial charge in [0.25, 0.3) is 0 Å². The van der Waals surface area contributed by atoms with Gasteiger partial charge >= 0.3 is 0 Å². The fourth-order valence-electron chi connectivity index (χ4n) is 1.58. The van der Waals surface area contributed by atoms with Crippen molar-refractivity contribution >= 4 is 10.8 Å². The van der Waals surface area contributed by atoms with Gasteiger partial charge in [-0.15, -0.1) is 0 Å². The molecule has 1 aromatic carbocycles. The second-order valence-electron chi connectivity index (χ2n) is 5.31. The average molecular weight is 278 g/mol. The van der Waals surface area contributed by atoms with Gasteiger partial charge < -0.3 is 0 Å². The van der Waals surface area contributed by atoms with Gasteiger partial charge in [0, 0.05) is 39.0 Å². The van der Waals surface area contributed by atoms with Gasteiger partial charge in [-0.25, -0.2) is 13.2 Å². The highest BCUT2D eigenvalue weighted by Crippen LogP contribution is 2.26. The summed E-state index contributed by atoms with van der Waals surface area (Å²) in [6, 6.07) is 1.30. The van der Waals surface area contributed by atoms with Crippen molar-refractivity contribution in [2.45, 2.75) is 38.4 Å². The predicted molar refractivity (Wildman–Crippen MR) is 67.5 cm³/mol. The van der Waals surface area contributed by atoms with Gasteiger partial charge in [0.2, 0.25) is 0 Å². The van der Waals surface area contributed by atoms with Crippen LogP contribution in [-0.4, -0.2) is 14.7 Å². The molecule has 102 valence electrons. The van der Waals surface area contributed by atoms with Gasteiger partial charge in [0.1, 0.15) is 17.5 Å². The van der Waals surface area contributed by atoms with E-state index in [1.165, 1.54) is 0 Å². The highest BCUT2D eigenvalue weighted by Gasteiger charge is 2.25.